The van der Waals surface area contributed by atoms with Gasteiger partial charge in [0.25, 0.3) is 0 Å². The lowest BCUT2D eigenvalue weighted by molar-refractivity contribution is -0.122. The molecule has 0 aliphatic carbocycles. The van der Waals surface area contributed by atoms with E-state index in [9.17, 15) is 14.0 Å². The van der Waals surface area contributed by atoms with Crippen molar-refractivity contribution in [2.45, 2.75) is 13.3 Å². The second-order valence-electron chi connectivity index (χ2n) is 5.93. The summed E-state index contributed by atoms with van der Waals surface area (Å²) in [5.74, 6) is -1.49. The fourth-order valence-electron chi connectivity index (χ4n) is 2.73. The first kappa shape index (κ1) is 17.7. The van der Waals surface area contributed by atoms with Gasteiger partial charge in [-0.1, -0.05) is 35.3 Å². The Labute approximate surface area is 154 Å². The van der Waals surface area contributed by atoms with E-state index in [2.05, 4.69) is 5.32 Å². The summed E-state index contributed by atoms with van der Waals surface area (Å²) in [7, 11) is 0. The van der Waals surface area contributed by atoms with Crippen molar-refractivity contribution in [1.29, 1.82) is 0 Å². The van der Waals surface area contributed by atoms with Gasteiger partial charge in [-0.3, -0.25) is 9.59 Å². The van der Waals surface area contributed by atoms with E-state index >= 15 is 0 Å². The Morgan fingerprint density at radius 1 is 1.28 bits per heavy atom. The largest absolute Gasteiger partial charge is 0.326 e. The van der Waals surface area contributed by atoms with Gasteiger partial charge in [-0.2, -0.15) is 0 Å². The topological polar surface area (TPSA) is 49.4 Å². The molecule has 1 N–H and O–H groups in total. The summed E-state index contributed by atoms with van der Waals surface area (Å²) in [4.78, 5) is 26.2. The number of anilines is 2. The molecule has 2 aromatic rings. The summed E-state index contributed by atoms with van der Waals surface area (Å²) in [6.45, 7) is 1.84. The van der Waals surface area contributed by atoms with Crippen LogP contribution in [0.15, 0.2) is 36.4 Å². The number of nitrogens with zero attached hydrogens (tertiary/aromatic N) is 1. The van der Waals surface area contributed by atoms with E-state index in [1.165, 1.54) is 11.0 Å². The number of hydrogen-bond acceptors (Lipinski definition) is 2. The number of carbonyl (C=O) groups excluding carboxylic acids is 2. The van der Waals surface area contributed by atoms with Crippen molar-refractivity contribution >= 4 is 46.4 Å². The fourth-order valence-corrected chi connectivity index (χ4v) is 3.13. The second-order valence-corrected chi connectivity index (χ2v) is 6.72. The Morgan fingerprint density at radius 3 is 2.76 bits per heavy atom. The molecule has 1 fully saturated rings. The van der Waals surface area contributed by atoms with Crippen molar-refractivity contribution in [3.8, 4) is 0 Å². The van der Waals surface area contributed by atoms with Crippen LogP contribution in [0.25, 0.3) is 0 Å². The number of aryl methyl sites for hydroxylation is 1. The Hall–Kier alpha value is -2.11. The molecular weight excluding hydrogens is 366 g/mol. The molecule has 7 heteroatoms. The van der Waals surface area contributed by atoms with Crippen molar-refractivity contribution < 1.29 is 14.0 Å². The van der Waals surface area contributed by atoms with Gasteiger partial charge >= 0.3 is 0 Å². The highest BCUT2D eigenvalue weighted by Gasteiger charge is 2.36. The molecule has 0 aromatic heterocycles. The summed E-state index contributed by atoms with van der Waals surface area (Å²) in [5.41, 5.74) is 1.34. The fraction of sp³-hybridized carbons (Fsp3) is 0.222. The molecule has 0 bridgehead atoms. The number of rotatable bonds is 3. The SMILES string of the molecule is Cc1ccc(NC(=O)[C@@H]2CC(=O)N(c3cccc(Cl)c3Cl)C2)cc1F. The molecule has 130 valence electrons. The van der Waals surface area contributed by atoms with E-state index in [0.29, 0.717) is 22.0 Å². The highest BCUT2D eigenvalue weighted by molar-refractivity contribution is 6.44. The minimum atomic E-state index is -0.549. The minimum Gasteiger partial charge on any atom is -0.326 e. The minimum absolute atomic E-state index is 0.0586. The number of hydrogen-bond donors (Lipinski definition) is 1. The van der Waals surface area contributed by atoms with Gasteiger partial charge < -0.3 is 10.2 Å². The first-order chi connectivity index (χ1) is 11.9. The molecule has 1 atom stereocenters. The normalized spacial score (nSPS) is 17.0. The molecule has 25 heavy (non-hydrogen) atoms. The van der Waals surface area contributed by atoms with Crippen LogP contribution in [-0.2, 0) is 9.59 Å². The number of carbonyl (C=O) groups is 2. The van der Waals surface area contributed by atoms with Crippen molar-refractivity contribution in [2.24, 2.45) is 5.92 Å². The van der Waals surface area contributed by atoms with Crippen molar-refractivity contribution in [2.75, 3.05) is 16.8 Å². The van der Waals surface area contributed by atoms with Gasteiger partial charge in [-0.15, -0.1) is 0 Å². The lowest BCUT2D eigenvalue weighted by Crippen LogP contribution is -2.28. The van der Waals surface area contributed by atoms with Crippen LogP contribution in [-0.4, -0.2) is 18.4 Å². The maximum absolute atomic E-state index is 13.6. The Balaban J connectivity index is 1.74. The quantitative estimate of drug-likeness (QED) is 0.855. The molecule has 2 amide bonds. The van der Waals surface area contributed by atoms with Crippen LogP contribution in [0.1, 0.15) is 12.0 Å². The molecule has 3 rings (SSSR count). The Bertz CT molecular complexity index is 857. The molecule has 1 aliphatic rings. The van der Waals surface area contributed by atoms with Gasteiger partial charge in [0, 0.05) is 18.7 Å². The van der Waals surface area contributed by atoms with Crippen molar-refractivity contribution in [1.82, 2.24) is 0 Å². The molecule has 4 nitrogen and oxygen atoms in total. The van der Waals surface area contributed by atoms with E-state index in [4.69, 9.17) is 23.2 Å². The van der Waals surface area contributed by atoms with E-state index in [1.807, 2.05) is 0 Å². The van der Waals surface area contributed by atoms with Crippen LogP contribution in [0.3, 0.4) is 0 Å². The number of nitrogens with one attached hydrogen (secondary N) is 1. The molecule has 0 spiro atoms. The third kappa shape index (κ3) is 3.62. The molecule has 2 aromatic carbocycles. The summed E-state index contributed by atoms with van der Waals surface area (Å²) in [6.07, 6.45) is 0.0586. The molecule has 0 radical (unpaired) electrons. The second kappa shape index (κ2) is 7.02. The zero-order valence-corrected chi connectivity index (χ0v) is 14.9. The molecule has 0 saturated carbocycles. The van der Waals surface area contributed by atoms with Crippen LogP contribution < -0.4 is 10.2 Å². The third-order valence-electron chi connectivity index (χ3n) is 4.16. The van der Waals surface area contributed by atoms with Gasteiger partial charge in [0.05, 0.1) is 21.7 Å². The standard InChI is InChI=1S/C18H15Cl2FN2O2/c1-10-5-6-12(8-14(10)21)22-18(25)11-7-16(24)23(9-11)15-4-2-3-13(19)17(15)20/h2-6,8,11H,7,9H2,1H3,(H,22,25)/t11-/m1/s1. The zero-order chi connectivity index (χ0) is 18.1. The first-order valence-electron chi connectivity index (χ1n) is 7.68. The highest BCUT2D eigenvalue weighted by Crippen LogP contribution is 2.35. The van der Waals surface area contributed by atoms with Crippen molar-refractivity contribution in [3.63, 3.8) is 0 Å². The van der Waals surface area contributed by atoms with E-state index < -0.39 is 11.7 Å². The third-order valence-corrected chi connectivity index (χ3v) is 4.97. The van der Waals surface area contributed by atoms with Gasteiger partial charge in [-0.05, 0) is 36.8 Å². The smallest absolute Gasteiger partial charge is 0.229 e. The average molecular weight is 381 g/mol. The van der Waals surface area contributed by atoms with Gasteiger partial charge in [0.2, 0.25) is 11.8 Å². The van der Waals surface area contributed by atoms with Crippen LogP contribution in [0, 0.1) is 18.7 Å². The first-order valence-corrected chi connectivity index (χ1v) is 8.44. The monoisotopic (exact) mass is 380 g/mol. The van der Waals surface area contributed by atoms with Crippen LogP contribution in [0.2, 0.25) is 10.0 Å². The Kier molecular flexibility index (Phi) is 4.97. The average Bonchev–Trinajstić information content (AvgIpc) is 2.95. The van der Waals surface area contributed by atoms with Gasteiger partial charge in [0.1, 0.15) is 5.82 Å². The lowest BCUT2D eigenvalue weighted by Gasteiger charge is -2.18. The number of halogens is 3. The molecule has 0 unspecified atom stereocenters. The summed E-state index contributed by atoms with van der Waals surface area (Å²) in [6, 6.07) is 9.47. The molecule has 1 heterocycles. The van der Waals surface area contributed by atoms with Crippen molar-refractivity contribution in [3.05, 3.63) is 57.8 Å². The van der Waals surface area contributed by atoms with Crippen LogP contribution in [0.5, 0.6) is 0 Å². The van der Waals surface area contributed by atoms with E-state index in [1.54, 1.807) is 37.3 Å². The predicted molar refractivity (Wildman–Crippen MR) is 96.7 cm³/mol. The number of benzene rings is 2. The zero-order valence-electron chi connectivity index (χ0n) is 13.4. The van der Waals surface area contributed by atoms with Crippen LogP contribution in [0.4, 0.5) is 15.8 Å². The van der Waals surface area contributed by atoms with Gasteiger partial charge in [0.15, 0.2) is 0 Å². The maximum atomic E-state index is 13.6. The highest BCUT2D eigenvalue weighted by atomic mass is 35.5. The summed E-state index contributed by atoms with van der Waals surface area (Å²) >= 11 is 12.1. The molecule has 1 saturated heterocycles. The number of amides is 2. The van der Waals surface area contributed by atoms with Gasteiger partial charge in [-0.25, -0.2) is 4.39 Å². The molecular formula is C18H15Cl2FN2O2. The van der Waals surface area contributed by atoms with Crippen LogP contribution >= 0.6 is 23.2 Å². The summed E-state index contributed by atoms with van der Waals surface area (Å²) in [5, 5.41) is 3.27. The predicted octanol–water partition coefficient (Wildman–Crippen LogP) is 4.43. The maximum Gasteiger partial charge on any atom is 0.229 e. The summed E-state index contributed by atoms with van der Waals surface area (Å²) < 4.78 is 13.6. The van der Waals surface area contributed by atoms with E-state index in [0.717, 1.165) is 0 Å². The molecule has 1 aliphatic heterocycles. The Morgan fingerprint density at radius 2 is 2.04 bits per heavy atom. The lowest BCUT2D eigenvalue weighted by atomic mass is 10.1. The van der Waals surface area contributed by atoms with E-state index in [-0.39, 0.29) is 29.8 Å².